The van der Waals surface area contributed by atoms with Gasteiger partial charge in [-0.15, -0.1) is 0 Å². The summed E-state index contributed by atoms with van der Waals surface area (Å²) in [5.41, 5.74) is 7.06. The molecule has 2 aliphatic carbocycles. The fourth-order valence-corrected chi connectivity index (χ4v) is 5.75. The third-order valence-corrected chi connectivity index (χ3v) is 7.64. The van der Waals surface area contributed by atoms with Crippen LogP contribution in [0.5, 0.6) is 0 Å². The molecule has 1 N–H and O–H groups in total. The fraction of sp³-hybridized carbons (Fsp3) is 0.231. The maximum atomic E-state index is 12.7. The van der Waals surface area contributed by atoms with Crippen LogP contribution in [-0.4, -0.2) is 24.1 Å². The second-order valence-electron chi connectivity index (χ2n) is 8.50. The van der Waals surface area contributed by atoms with Gasteiger partial charge in [0.2, 0.25) is 0 Å². The number of amides is 1. The summed E-state index contributed by atoms with van der Waals surface area (Å²) in [5.74, 6) is -1.01. The molecule has 1 heterocycles. The second-order valence-corrected chi connectivity index (χ2v) is 10.1. The molecule has 2 aromatic carbocycles. The zero-order valence-electron chi connectivity index (χ0n) is 18.1. The smallest absolute Gasteiger partial charge is 0.289 e. The van der Waals surface area contributed by atoms with E-state index in [1.165, 1.54) is 46.8 Å². The standard InChI is InChI=1S/C26H24N2O4S/c29-25(13-12-24-22-10-4-8-19(22)16-20-9-5-11-23(20)24)27-33(31,32)28-15-14-21(17-28)26(30)18-6-2-1-3-7-18/h1-3,6-7,12-17H,4-5,8-11H2,(H,27,29)/b13-12+. The number of aromatic nitrogens is 1. The molecule has 0 bridgehead atoms. The van der Waals surface area contributed by atoms with Crippen LogP contribution < -0.4 is 4.72 Å². The Morgan fingerprint density at radius 1 is 0.879 bits per heavy atom. The van der Waals surface area contributed by atoms with Gasteiger partial charge >= 0.3 is 10.2 Å². The molecule has 1 amide bonds. The Bertz CT molecular complexity index is 1350. The van der Waals surface area contributed by atoms with E-state index in [1.807, 2.05) is 0 Å². The molecular weight excluding hydrogens is 436 g/mol. The molecule has 0 radical (unpaired) electrons. The lowest BCUT2D eigenvalue weighted by atomic mass is 9.94. The Morgan fingerprint density at radius 2 is 1.55 bits per heavy atom. The van der Waals surface area contributed by atoms with Crippen molar-refractivity contribution in [2.24, 2.45) is 0 Å². The average molecular weight is 461 g/mol. The van der Waals surface area contributed by atoms with Crippen molar-refractivity contribution >= 4 is 28.0 Å². The van der Waals surface area contributed by atoms with Gasteiger partial charge in [-0.25, -0.2) is 8.69 Å². The lowest BCUT2D eigenvalue weighted by Crippen LogP contribution is -2.33. The van der Waals surface area contributed by atoms with Crippen LogP contribution in [0.15, 0.2) is 60.9 Å². The highest BCUT2D eigenvalue weighted by atomic mass is 32.2. The van der Waals surface area contributed by atoms with Gasteiger partial charge < -0.3 is 0 Å². The number of hydrogen-bond donors (Lipinski definition) is 1. The minimum Gasteiger partial charge on any atom is -0.289 e. The van der Waals surface area contributed by atoms with E-state index in [1.54, 1.807) is 36.4 Å². The summed E-state index contributed by atoms with van der Waals surface area (Å²) in [6, 6.07) is 12.3. The van der Waals surface area contributed by atoms with Gasteiger partial charge in [0, 0.05) is 29.6 Å². The van der Waals surface area contributed by atoms with Crippen LogP contribution in [0.25, 0.3) is 6.08 Å². The topological polar surface area (TPSA) is 85.2 Å². The summed E-state index contributed by atoms with van der Waals surface area (Å²) in [5, 5.41) is 0. The molecule has 3 aromatic rings. The SMILES string of the molecule is O=C(/C=C/c1c2c(cc3c1CCC3)CCC2)NS(=O)(=O)n1ccc(C(=O)c2ccccc2)c1. The first-order valence-corrected chi connectivity index (χ1v) is 12.6. The predicted octanol–water partition coefficient (Wildman–Crippen LogP) is 3.62. The van der Waals surface area contributed by atoms with Gasteiger partial charge in [0.1, 0.15) is 0 Å². The van der Waals surface area contributed by atoms with Crippen molar-refractivity contribution in [3.63, 3.8) is 0 Å². The first-order chi connectivity index (χ1) is 15.9. The molecule has 33 heavy (non-hydrogen) atoms. The zero-order chi connectivity index (χ0) is 23.0. The van der Waals surface area contributed by atoms with Gasteiger partial charge in [-0.3, -0.25) is 9.59 Å². The van der Waals surface area contributed by atoms with Gasteiger partial charge in [-0.05, 0) is 78.5 Å². The van der Waals surface area contributed by atoms with E-state index < -0.39 is 16.1 Å². The highest BCUT2D eigenvalue weighted by molar-refractivity contribution is 7.88. The number of aryl methyl sites for hydroxylation is 2. The van der Waals surface area contributed by atoms with Gasteiger partial charge in [0.15, 0.2) is 5.78 Å². The molecule has 168 valence electrons. The molecule has 0 spiro atoms. The number of carbonyl (C=O) groups is 2. The maximum Gasteiger partial charge on any atom is 0.329 e. The molecule has 2 aliphatic rings. The number of fused-ring (bicyclic) bond motifs is 2. The molecule has 0 saturated heterocycles. The van der Waals surface area contributed by atoms with Crippen LogP contribution in [0.2, 0.25) is 0 Å². The number of carbonyl (C=O) groups excluding carboxylic acids is 2. The third-order valence-electron chi connectivity index (χ3n) is 6.39. The predicted molar refractivity (Wildman–Crippen MR) is 126 cm³/mol. The van der Waals surface area contributed by atoms with Crippen molar-refractivity contribution < 1.29 is 18.0 Å². The third kappa shape index (κ3) is 4.16. The van der Waals surface area contributed by atoms with E-state index in [0.29, 0.717) is 5.56 Å². The molecule has 6 nitrogen and oxygen atoms in total. The number of hydrogen-bond acceptors (Lipinski definition) is 4. The summed E-state index contributed by atoms with van der Waals surface area (Å²) in [6.07, 6.45) is 11.8. The van der Waals surface area contributed by atoms with Crippen LogP contribution in [0.4, 0.5) is 0 Å². The van der Waals surface area contributed by atoms with E-state index in [0.717, 1.165) is 48.1 Å². The largest absolute Gasteiger partial charge is 0.329 e. The first-order valence-electron chi connectivity index (χ1n) is 11.1. The molecule has 0 atom stereocenters. The minimum atomic E-state index is -4.17. The molecule has 0 aliphatic heterocycles. The Hall–Kier alpha value is -3.45. The Labute approximate surface area is 193 Å². The number of rotatable bonds is 6. The normalized spacial score (nSPS) is 14.9. The van der Waals surface area contributed by atoms with Gasteiger partial charge in [0.05, 0.1) is 0 Å². The maximum absolute atomic E-state index is 12.7. The summed E-state index contributed by atoms with van der Waals surface area (Å²) in [6.45, 7) is 0. The molecule has 0 unspecified atom stereocenters. The Kier molecular flexibility index (Phi) is 5.50. The number of ketones is 1. The lowest BCUT2D eigenvalue weighted by Gasteiger charge is -2.12. The van der Waals surface area contributed by atoms with E-state index in [4.69, 9.17) is 0 Å². The van der Waals surface area contributed by atoms with Gasteiger partial charge in [-0.2, -0.15) is 8.42 Å². The quantitative estimate of drug-likeness (QED) is 0.450. The molecular formula is C26H24N2O4S. The van der Waals surface area contributed by atoms with Crippen molar-refractivity contribution in [1.29, 1.82) is 0 Å². The van der Waals surface area contributed by atoms with Crippen molar-refractivity contribution in [3.8, 4) is 0 Å². The summed E-state index contributed by atoms with van der Waals surface area (Å²) in [7, 11) is -4.17. The molecule has 1 aromatic heterocycles. The van der Waals surface area contributed by atoms with E-state index >= 15 is 0 Å². The number of nitrogens with zero attached hydrogens (tertiary/aromatic N) is 1. The first kappa shape index (κ1) is 21.4. The highest BCUT2D eigenvalue weighted by Crippen LogP contribution is 2.35. The molecule has 5 rings (SSSR count). The van der Waals surface area contributed by atoms with E-state index in [9.17, 15) is 18.0 Å². The zero-order valence-corrected chi connectivity index (χ0v) is 18.9. The average Bonchev–Trinajstić information content (AvgIpc) is 3.57. The van der Waals surface area contributed by atoms with Gasteiger partial charge in [0.25, 0.3) is 5.91 Å². The Morgan fingerprint density at radius 3 is 2.21 bits per heavy atom. The van der Waals surface area contributed by atoms with Crippen molar-refractivity contribution in [2.75, 3.05) is 0 Å². The van der Waals surface area contributed by atoms with Crippen LogP contribution in [0, 0.1) is 0 Å². The van der Waals surface area contributed by atoms with Crippen molar-refractivity contribution in [2.45, 2.75) is 38.5 Å². The van der Waals surface area contributed by atoms with Gasteiger partial charge in [-0.1, -0.05) is 36.4 Å². The summed E-state index contributed by atoms with van der Waals surface area (Å²) >= 11 is 0. The van der Waals surface area contributed by atoms with Crippen molar-refractivity contribution in [3.05, 3.63) is 99.9 Å². The summed E-state index contributed by atoms with van der Waals surface area (Å²) in [4.78, 5) is 25.1. The van der Waals surface area contributed by atoms with E-state index in [2.05, 4.69) is 10.8 Å². The Balaban J connectivity index is 1.34. The monoisotopic (exact) mass is 460 g/mol. The van der Waals surface area contributed by atoms with Crippen LogP contribution in [-0.2, 0) is 40.7 Å². The van der Waals surface area contributed by atoms with Crippen LogP contribution >= 0.6 is 0 Å². The number of nitrogens with one attached hydrogen (secondary N) is 1. The van der Waals surface area contributed by atoms with Crippen molar-refractivity contribution in [1.82, 2.24) is 8.69 Å². The number of benzene rings is 2. The van der Waals surface area contributed by atoms with Crippen LogP contribution in [0.1, 0.15) is 56.6 Å². The van der Waals surface area contributed by atoms with Crippen LogP contribution in [0.3, 0.4) is 0 Å². The fourth-order valence-electron chi connectivity index (χ4n) is 4.85. The van der Waals surface area contributed by atoms with E-state index in [-0.39, 0.29) is 11.3 Å². The lowest BCUT2D eigenvalue weighted by molar-refractivity contribution is -0.114. The molecule has 0 saturated carbocycles. The second kappa shape index (κ2) is 8.48. The molecule has 7 heteroatoms. The highest BCUT2D eigenvalue weighted by Gasteiger charge is 2.23. The molecule has 0 fully saturated rings. The minimum absolute atomic E-state index is 0.227. The summed E-state index contributed by atoms with van der Waals surface area (Å²) < 4.78 is 28.3.